The quantitative estimate of drug-likeness (QED) is 0.843. The van der Waals surface area contributed by atoms with Crippen molar-refractivity contribution in [1.29, 1.82) is 0 Å². The Morgan fingerprint density at radius 1 is 1.09 bits per heavy atom. The molecule has 1 heterocycles. The number of carbonyl (C=O) groups excluding carboxylic acids is 1. The second-order valence-electron chi connectivity index (χ2n) is 7.57. The molecule has 0 aromatic heterocycles. The molecule has 4 heteroatoms. The van der Waals surface area contributed by atoms with E-state index in [1.54, 1.807) is 0 Å². The number of benzene rings is 1. The molecular weight excluding hydrogens is 308 g/mol. The summed E-state index contributed by atoms with van der Waals surface area (Å²) in [6.45, 7) is 2.21. The summed E-state index contributed by atoms with van der Waals surface area (Å²) in [6, 6.07) is 8.87. The maximum Gasteiger partial charge on any atom is 0.233 e. The summed E-state index contributed by atoms with van der Waals surface area (Å²) < 4.78 is 0. The zero-order valence-electron chi connectivity index (χ0n) is 13.8. The van der Waals surface area contributed by atoms with Gasteiger partial charge in [0.1, 0.15) is 0 Å². The minimum atomic E-state index is -0.253. The van der Waals surface area contributed by atoms with E-state index in [0.717, 1.165) is 49.4 Å². The third kappa shape index (κ3) is 2.89. The van der Waals surface area contributed by atoms with E-state index < -0.39 is 0 Å². The van der Waals surface area contributed by atoms with Gasteiger partial charge in [-0.05, 0) is 76.4 Å². The van der Waals surface area contributed by atoms with Crippen LogP contribution >= 0.6 is 11.6 Å². The molecule has 3 aliphatic rings. The van der Waals surface area contributed by atoms with Gasteiger partial charge in [0.25, 0.3) is 0 Å². The minimum Gasteiger partial charge on any atom is -0.336 e. The fraction of sp³-hybridized carbons (Fsp3) is 0.632. The molecule has 0 atom stereocenters. The molecule has 0 N–H and O–H groups in total. The van der Waals surface area contributed by atoms with Gasteiger partial charge in [0.15, 0.2) is 0 Å². The Hall–Kier alpha value is -1.06. The van der Waals surface area contributed by atoms with Crippen molar-refractivity contribution in [2.45, 2.75) is 56.0 Å². The van der Waals surface area contributed by atoms with Crippen LogP contribution in [0.1, 0.15) is 44.1 Å². The van der Waals surface area contributed by atoms with Crippen LogP contribution in [0.2, 0.25) is 5.02 Å². The molecule has 23 heavy (non-hydrogen) atoms. The molecule has 1 aliphatic heterocycles. The molecule has 2 saturated carbocycles. The maximum atomic E-state index is 13.5. The predicted molar refractivity (Wildman–Crippen MR) is 92.8 cm³/mol. The van der Waals surface area contributed by atoms with Crippen molar-refractivity contribution in [2.24, 2.45) is 0 Å². The van der Waals surface area contributed by atoms with E-state index in [-0.39, 0.29) is 5.41 Å². The van der Waals surface area contributed by atoms with E-state index in [0.29, 0.717) is 18.0 Å². The number of amides is 1. The number of carbonyl (C=O) groups is 1. The van der Waals surface area contributed by atoms with Crippen LogP contribution in [0.25, 0.3) is 0 Å². The van der Waals surface area contributed by atoms with Crippen molar-refractivity contribution >= 4 is 17.5 Å². The molecule has 2 aliphatic carbocycles. The standard InChI is InChI=1S/C19H25ClN2O/c1-21-12-8-17(9-13-21)22(16-6-7-16)18(23)19(10-11-19)14-2-4-15(20)5-3-14/h2-5,16-17H,6-13H2,1H3. The second kappa shape index (κ2) is 5.78. The number of rotatable bonds is 4. The molecule has 0 radical (unpaired) electrons. The first-order valence-electron chi connectivity index (χ1n) is 8.87. The summed E-state index contributed by atoms with van der Waals surface area (Å²) in [5.41, 5.74) is 0.904. The zero-order valence-corrected chi connectivity index (χ0v) is 14.6. The summed E-state index contributed by atoms with van der Waals surface area (Å²) in [7, 11) is 2.18. The Labute approximate surface area is 143 Å². The van der Waals surface area contributed by atoms with Gasteiger partial charge in [0.2, 0.25) is 5.91 Å². The van der Waals surface area contributed by atoms with Gasteiger partial charge in [-0.15, -0.1) is 0 Å². The molecule has 1 amide bonds. The van der Waals surface area contributed by atoms with Crippen molar-refractivity contribution in [3.8, 4) is 0 Å². The number of halogens is 1. The molecule has 4 rings (SSSR count). The average Bonchev–Trinajstić information content (AvgIpc) is 3.44. The van der Waals surface area contributed by atoms with E-state index >= 15 is 0 Å². The Morgan fingerprint density at radius 3 is 2.17 bits per heavy atom. The summed E-state index contributed by atoms with van der Waals surface area (Å²) in [5, 5.41) is 0.742. The smallest absolute Gasteiger partial charge is 0.233 e. The molecule has 1 saturated heterocycles. The maximum absolute atomic E-state index is 13.5. The first-order chi connectivity index (χ1) is 11.1. The third-order valence-electron chi connectivity index (χ3n) is 5.81. The van der Waals surface area contributed by atoms with Crippen molar-refractivity contribution < 1.29 is 4.79 Å². The highest BCUT2D eigenvalue weighted by atomic mass is 35.5. The Bertz CT molecular complexity index is 584. The lowest BCUT2D eigenvalue weighted by atomic mass is 9.92. The highest BCUT2D eigenvalue weighted by Gasteiger charge is 2.55. The van der Waals surface area contributed by atoms with Crippen LogP contribution in [0, 0.1) is 0 Å². The Kier molecular flexibility index (Phi) is 3.89. The SMILES string of the molecule is CN1CCC(N(C(=O)C2(c3ccc(Cl)cc3)CC2)C2CC2)CC1. The summed E-state index contributed by atoms with van der Waals surface area (Å²) >= 11 is 6.02. The molecule has 3 nitrogen and oxygen atoms in total. The van der Waals surface area contributed by atoms with Crippen LogP contribution in [0.3, 0.4) is 0 Å². The van der Waals surface area contributed by atoms with Gasteiger partial charge in [0, 0.05) is 17.1 Å². The van der Waals surface area contributed by atoms with Crippen LogP contribution in [-0.2, 0) is 10.2 Å². The van der Waals surface area contributed by atoms with E-state index in [1.165, 1.54) is 12.8 Å². The number of hydrogen-bond acceptors (Lipinski definition) is 2. The normalized spacial score (nSPS) is 24.4. The monoisotopic (exact) mass is 332 g/mol. The van der Waals surface area contributed by atoms with Crippen molar-refractivity contribution in [3.63, 3.8) is 0 Å². The Balaban J connectivity index is 1.57. The van der Waals surface area contributed by atoms with Crippen LogP contribution in [-0.4, -0.2) is 47.9 Å². The molecule has 0 bridgehead atoms. The molecule has 1 aromatic rings. The molecule has 0 spiro atoms. The molecule has 124 valence electrons. The van der Waals surface area contributed by atoms with Gasteiger partial charge in [-0.1, -0.05) is 23.7 Å². The second-order valence-corrected chi connectivity index (χ2v) is 8.00. The largest absolute Gasteiger partial charge is 0.336 e. The third-order valence-corrected chi connectivity index (χ3v) is 6.06. The van der Waals surface area contributed by atoms with Gasteiger partial charge in [-0.2, -0.15) is 0 Å². The number of piperidine rings is 1. The first kappa shape index (κ1) is 15.5. The van der Waals surface area contributed by atoms with Crippen molar-refractivity contribution in [3.05, 3.63) is 34.9 Å². The van der Waals surface area contributed by atoms with Gasteiger partial charge >= 0.3 is 0 Å². The van der Waals surface area contributed by atoms with E-state index in [9.17, 15) is 4.79 Å². The van der Waals surface area contributed by atoms with Crippen molar-refractivity contribution in [1.82, 2.24) is 9.80 Å². The highest BCUT2D eigenvalue weighted by molar-refractivity contribution is 6.30. The van der Waals surface area contributed by atoms with Crippen LogP contribution < -0.4 is 0 Å². The van der Waals surface area contributed by atoms with E-state index in [4.69, 9.17) is 11.6 Å². The lowest BCUT2D eigenvalue weighted by Gasteiger charge is -2.39. The molecule has 1 aromatic carbocycles. The van der Waals surface area contributed by atoms with Gasteiger partial charge in [0.05, 0.1) is 5.41 Å². The van der Waals surface area contributed by atoms with Gasteiger partial charge in [-0.25, -0.2) is 0 Å². The fourth-order valence-electron chi connectivity index (χ4n) is 4.02. The molecule has 3 fully saturated rings. The van der Waals surface area contributed by atoms with Crippen LogP contribution in [0.15, 0.2) is 24.3 Å². The topological polar surface area (TPSA) is 23.6 Å². The lowest BCUT2D eigenvalue weighted by Crippen LogP contribution is -2.51. The van der Waals surface area contributed by atoms with E-state index in [2.05, 4.69) is 16.8 Å². The van der Waals surface area contributed by atoms with Crippen LogP contribution in [0.4, 0.5) is 0 Å². The number of hydrogen-bond donors (Lipinski definition) is 0. The van der Waals surface area contributed by atoms with Crippen LogP contribution in [0.5, 0.6) is 0 Å². The number of likely N-dealkylation sites (tertiary alicyclic amines) is 1. The summed E-state index contributed by atoms with van der Waals surface area (Å²) in [5.74, 6) is 0.386. The fourth-order valence-corrected chi connectivity index (χ4v) is 4.15. The summed E-state index contributed by atoms with van der Waals surface area (Å²) in [6.07, 6.45) is 6.60. The van der Waals surface area contributed by atoms with E-state index in [1.807, 2.05) is 24.3 Å². The average molecular weight is 333 g/mol. The molecule has 0 unspecified atom stereocenters. The predicted octanol–water partition coefficient (Wildman–Crippen LogP) is 3.46. The lowest BCUT2D eigenvalue weighted by molar-refractivity contribution is -0.138. The zero-order chi connectivity index (χ0) is 16.0. The highest BCUT2D eigenvalue weighted by Crippen LogP contribution is 2.51. The first-order valence-corrected chi connectivity index (χ1v) is 9.25. The van der Waals surface area contributed by atoms with Gasteiger partial charge in [-0.3, -0.25) is 4.79 Å². The summed E-state index contributed by atoms with van der Waals surface area (Å²) in [4.78, 5) is 18.1. The Morgan fingerprint density at radius 2 is 1.65 bits per heavy atom. The van der Waals surface area contributed by atoms with Gasteiger partial charge < -0.3 is 9.80 Å². The molecular formula is C19H25ClN2O. The number of nitrogens with zero attached hydrogens (tertiary/aromatic N) is 2. The minimum absolute atomic E-state index is 0.253. The van der Waals surface area contributed by atoms with Crippen molar-refractivity contribution in [2.75, 3.05) is 20.1 Å².